The Morgan fingerprint density at radius 1 is 0.327 bits per heavy atom. The lowest BCUT2D eigenvalue weighted by Gasteiger charge is -2.28. The first-order valence-corrected chi connectivity index (χ1v) is 19.5. The number of rotatable bonds is 0. The van der Waals surface area contributed by atoms with Gasteiger partial charge in [0.1, 0.15) is 0 Å². The number of piperidine rings is 2. The summed E-state index contributed by atoms with van der Waals surface area (Å²) in [7, 11) is 6.54. The predicted molar refractivity (Wildman–Crippen MR) is 252 cm³/mol. The third kappa shape index (κ3) is 91.8. The number of piperazine rings is 1. The maximum atomic E-state index is 3.78. The maximum absolute atomic E-state index is 3.78. The number of likely N-dealkylation sites (tertiary alicyclic amines) is 1. The van der Waals surface area contributed by atoms with Gasteiger partial charge in [-0.25, -0.2) is 0 Å². The molecule has 1 N–H and O–H groups in total. The molecule has 0 spiro atoms. The van der Waals surface area contributed by atoms with Crippen LogP contribution < -0.4 is 5.32 Å². The molecule has 0 aliphatic carbocycles. The first-order chi connectivity index (χ1) is 23.2. The summed E-state index contributed by atoms with van der Waals surface area (Å²) < 4.78 is 0. The zero-order chi connectivity index (χ0) is 37.8. The highest BCUT2D eigenvalue weighted by Crippen LogP contribution is 2.04. The van der Waals surface area contributed by atoms with Gasteiger partial charge in [0.15, 0.2) is 0 Å². The molecule has 7 nitrogen and oxygen atoms in total. The van der Waals surface area contributed by atoms with E-state index in [9.17, 15) is 0 Å². The van der Waals surface area contributed by atoms with Crippen LogP contribution in [0.2, 0.25) is 0 Å². The van der Waals surface area contributed by atoms with Crippen molar-refractivity contribution in [1.82, 2.24) is 35.0 Å². The van der Waals surface area contributed by atoms with Crippen molar-refractivity contribution in [3.05, 3.63) is 55.4 Å². The molecule has 3 aliphatic heterocycles. The van der Waals surface area contributed by atoms with Crippen molar-refractivity contribution >= 4 is 0 Å². The standard InChI is InChI=1S/C6H14N2.C6H13N.C5H11N.C5H5N.C4H4N2.7C2H6.5CH4/c1-7-3-5-8(2)6-4-7;1-7-5-3-2-4-6-7;2*1-2-4-6-5-3-1;1-2-6-4-3-5-1;7*1-2;;;;;/h3-6H2,1-2H3;2-6H2,1H3;6H,1-5H2;1-5H;1-4H;7*1-2H3;5*1H4. The summed E-state index contributed by atoms with van der Waals surface area (Å²) in [6, 6.07) is 5.72. The van der Waals surface area contributed by atoms with Crippen molar-refractivity contribution in [2.75, 3.05) is 73.5 Å². The predicted octanol–water partition coefficient (Wildman–Crippen LogP) is 13.6. The van der Waals surface area contributed by atoms with Crippen LogP contribution in [0.5, 0.6) is 0 Å². The quantitative estimate of drug-likeness (QED) is 0.288. The SMILES string of the molecule is C.C.C.C.C.C1CCNCC1.CC.CC.CC.CC.CC.CC.CC.CN1CCCCC1.CN1CCN(C)CC1.c1ccncc1.c1cnccn1. The number of pyridine rings is 1. The lowest BCUT2D eigenvalue weighted by Crippen LogP contribution is -2.42. The number of nitrogens with zero attached hydrogens (tertiary/aromatic N) is 6. The number of hydrogen-bond acceptors (Lipinski definition) is 7. The van der Waals surface area contributed by atoms with E-state index in [1.54, 1.807) is 37.2 Å². The third-order valence-corrected chi connectivity index (χ3v) is 5.56. The maximum Gasteiger partial charge on any atom is 0.0451 e. The van der Waals surface area contributed by atoms with E-state index in [1.807, 2.05) is 115 Å². The van der Waals surface area contributed by atoms with Gasteiger partial charge in [0.2, 0.25) is 0 Å². The Kier molecular flexibility index (Phi) is 156. The van der Waals surface area contributed by atoms with Crippen LogP contribution in [0.1, 0.15) is 173 Å². The molecule has 52 heavy (non-hydrogen) atoms. The van der Waals surface area contributed by atoms with E-state index in [-0.39, 0.29) is 37.1 Å². The average Bonchev–Trinajstić information content (AvgIpc) is 3.22. The molecule has 0 amide bonds. The zero-order valence-electron chi connectivity index (χ0n) is 35.3. The molecule has 0 radical (unpaired) electrons. The molecule has 0 atom stereocenters. The molecule has 2 aromatic rings. The van der Waals surface area contributed by atoms with E-state index in [2.05, 4.69) is 56.1 Å². The molecule has 7 heteroatoms. The average molecular weight is 748 g/mol. The van der Waals surface area contributed by atoms with Gasteiger partial charge in [0.25, 0.3) is 0 Å². The van der Waals surface area contributed by atoms with Gasteiger partial charge in [0, 0.05) is 63.4 Å². The van der Waals surface area contributed by atoms with Crippen molar-refractivity contribution in [2.24, 2.45) is 0 Å². The van der Waals surface area contributed by atoms with Crippen LogP contribution in [0.3, 0.4) is 0 Å². The summed E-state index contributed by atoms with van der Waals surface area (Å²) >= 11 is 0. The lowest BCUT2D eigenvalue weighted by atomic mass is 10.1. The van der Waals surface area contributed by atoms with Gasteiger partial charge in [0.05, 0.1) is 0 Å². The van der Waals surface area contributed by atoms with Crippen LogP contribution in [0.4, 0.5) is 0 Å². The van der Waals surface area contributed by atoms with E-state index in [4.69, 9.17) is 0 Å². The van der Waals surface area contributed by atoms with Crippen molar-refractivity contribution in [3.8, 4) is 0 Å². The van der Waals surface area contributed by atoms with Crippen LogP contribution in [0.25, 0.3) is 0 Å². The molecular weight excluding hydrogens is 639 g/mol. The second-order valence-electron chi connectivity index (χ2n) is 8.70. The second kappa shape index (κ2) is 97.7. The fourth-order valence-corrected chi connectivity index (χ4v) is 3.33. The van der Waals surface area contributed by atoms with E-state index in [0.29, 0.717) is 0 Å². The Balaban J connectivity index is -0.0000000347. The minimum Gasteiger partial charge on any atom is -0.317 e. The molecule has 0 aromatic carbocycles. The molecule has 0 bridgehead atoms. The molecule has 0 saturated carbocycles. The summed E-state index contributed by atoms with van der Waals surface area (Å²) in [5, 5.41) is 3.28. The minimum atomic E-state index is 0. The Morgan fingerprint density at radius 3 is 0.712 bits per heavy atom. The molecular formula is C45H109N7. The molecule has 5 heterocycles. The highest BCUT2D eigenvalue weighted by Gasteiger charge is 2.07. The van der Waals surface area contributed by atoms with E-state index >= 15 is 0 Å². The van der Waals surface area contributed by atoms with Crippen molar-refractivity contribution in [3.63, 3.8) is 0 Å². The molecule has 324 valence electrons. The van der Waals surface area contributed by atoms with Crippen LogP contribution in [0.15, 0.2) is 55.4 Å². The number of aromatic nitrogens is 3. The monoisotopic (exact) mass is 748 g/mol. The Bertz CT molecular complexity index is 495. The van der Waals surface area contributed by atoms with Gasteiger partial charge in [-0.15, -0.1) is 0 Å². The van der Waals surface area contributed by atoms with Crippen LogP contribution >= 0.6 is 0 Å². The van der Waals surface area contributed by atoms with Gasteiger partial charge >= 0.3 is 0 Å². The minimum absolute atomic E-state index is 0. The van der Waals surface area contributed by atoms with Gasteiger partial charge in [-0.1, -0.05) is 153 Å². The van der Waals surface area contributed by atoms with Crippen molar-refractivity contribution in [1.29, 1.82) is 0 Å². The largest absolute Gasteiger partial charge is 0.317 e. The summed E-state index contributed by atoms with van der Waals surface area (Å²) in [5.74, 6) is 0. The van der Waals surface area contributed by atoms with Crippen LogP contribution in [-0.2, 0) is 0 Å². The van der Waals surface area contributed by atoms with Gasteiger partial charge < -0.3 is 20.0 Å². The summed E-state index contributed by atoms with van der Waals surface area (Å²) in [6.45, 7) is 38.1. The van der Waals surface area contributed by atoms with Gasteiger partial charge in [-0.2, -0.15) is 0 Å². The Morgan fingerprint density at radius 2 is 0.577 bits per heavy atom. The lowest BCUT2D eigenvalue weighted by molar-refractivity contribution is 0.181. The molecule has 5 rings (SSSR count). The highest BCUT2D eigenvalue weighted by atomic mass is 15.2. The van der Waals surface area contributed by atoms with Crippen molar-refractivity contribution in [2.45, 2.75) is 173 Å². The summed E-state index contributed by atoms with van der Waals surface area (Å²) in [4.78, 5) is 18.3. The van der Waals surface area contributed by atoms with Gasteiger partial charge in [-0.05, 0) is 85.1 Å². The summed E-state index contributed by atoms with van der Waals surface area (Å²) in [6.07, 6.45) is 18.5. The van der Waals surface area contributed by atoms with Crippen LogP contribution in [-0.4, -0.2) is 103 Å². The number of nitrogens with one attached hydrogen (secondary N) is 1. The smallest absolute Gasteiger partial charge is 0.0451 e. The fourth-order valence-electron chi connectivity index (χ4n) is 3.33. The number of likely N-dealkylation sites (N-methyl/N-ethyl adjacent to an activating group) is 2. The molecule has 3 fully saturated rings. The normalized spacial score (nSPS) is 12.9. The van der Waals surface area contributed by atoms with Gasteiger partial charge in [-0.3, -0.25) is 15.0 Å². The topological polar surface area (TPSA) is 60.4 Å². The Labute approximate surface area is 335 Å². The molecule has 2 aromatic heterocycles. The fraction of sp³-hybridized carbons (Fsp3) is 0.800. The first-order valence-electron chi connectivity index (χ1n) is 19.5. The number of hydrogen-bond donors (Lipinski definition) is 1. The Hall–Kier alpha value is -1.93. The molecule has 3 saturated heterocycles. The van der Waals surface area contributed by atoms with E-state index in [1.165, 1.54) is 90.9 Å². The first kappa shape index (κ1) is 83.2. The second-order valence-corrected chi connectivity index (χ2v) is 8.70. The zero-order valence-corrected chi connectivity index (χ0v) is 35.3. The summed E-state index contributed by atoms with van der Waals surface area (Å²) in [5.41, 5.74) is 0. The highest BCUT2D eigenvalue weighted by molar-refractivity contribution is 4.88. The molecule has 3 aliphatic rings. The van der Waals surface area contributed by atoms with Crippen molar-refractivity contribution < 1.29 is 0 Å². The van der Waals surface area contributed by atoms with E-state index < -0.39 is 0 Å². The van der Waals surface area contributed by atoms with Crippen LogP contribution in [0, 0.1) is 0 Å². The molecule has 0 unspecified atom stereocenters. The van der Waals surface area contributed by atoms with E-state index in [0.717, 1.165) is 0 Å². The third-order valence-electron chi connectivity index (χ3n) is 5.56.